The van der Waals surface area contributed by atoms with Gasteiger partial charge in [0.25, 0.3) is 5.91 Å². The van der Waals surface area contributed by atoms with Gasteiger partial charge in [0.2, 0.25) is 5.91 Å². The Labute approximate surface area is 172 Å². The molecule has 0 radical (unpaired) electrons. The Morgan fingerprint density at radius 1 is 1.03 bits per heavy atom. The van der Waals surface area contributed by atoms with E-state index in [1.54, 1.807) is 24.3 Å². The molecule has 2 aromatic rings. The van der Waals surface area contributed by atoms with Gasteiger partial charge in [-0.25, -0.2) is 9.18 Å². The largest absolute Gasteiger partial charge is 0.452 e. The fraction of sp³-hybridized carbons (Fsp3) is 0.286. The minimum Gasteiger partial charge on any atom is -0.452 e. The van der Waals surface area contributed by atoms with Crippen LogP contribution in [0.15, 0.2) is 53.4 Å². The molecule has 2 aromatic carbocycles. The smallest absolute Gasteiger partial charge is 0.339 e. The minimum absolute atomic E-state index is 0.0503. The number of hydrogen-bond donors (Lipinski definition) is 1. The second kappa shape index (κ2) is 10.1. The summed E-state index contributed by atoms with van der Waals surface area (Å²) < 4.78 is 18.0. The number of rotatable bonds is 7. The fourth-order valence-electron chi connectivity index (χ4n) is 2.90. The van der Waals surface area contributed by atoms with E-state index >= 15 is 0 Å². The Kier molecular flexibility index (Phi) is 7.24. The Hall–Kier alpha value is -2.87. The van der Waals surface area contributed by atoms with Crippen LogP contribution in [-0.2, 0) is 14.3 Å². The number of likely N-dealkylation sites (tertiary alicyclic amines) is 1. The molecule has 1 N–H and O–H groups in total. The minimum atomic E-state index is -0.643. The first kappa shape index (κ1) is 20.9. The van der Waals surface area contributed by atoms with Crippen molar-refractivity contribution in [2.45, 2.75) is 17.7 Å². The summed E-state index contributed by atoms with van der Waals surface area (Å²) in [5.74, 6) is -1.29. The quantitative estimate of drug-likeness (QED) is 0.554. The number of carbonyl (C=O) groups excluding carboxylic acids is 3. The van der Waals surface area contributed by atoms with Crippen molar-refractivity contribution in [3.8, 4) is 0 Å². The van der Waals surface area contributed by atoms with Crippen LogP contribution >= 0.6 is 11.8 Å². The first-order valence-corrected chi connectivity index (χ1v) is 10.2. The number of halogens is 1. The SMILES string of the molecule is O=C(COC(=O)c1ccccc1SCC(=O)N1CCCC1)Nc1ccc(F)cc1. The number of esters is 1. The van der Waals surface area contributed by atoms with Crippen molar-refractivity contribution in [3.05, 3.63) is 59.9 Å². The number of ether oxygens (including phenoxy) is 1. The number of hydrogen-bond acceptors (Lipinski definition) is 5. The van der Waals surface area contributed by atoms with E-state index in [0.717, 1.165) is 25.9 Å². The van der Waals surface area contributed by atoms with E-state index < -0.39 is 24.3 Å². The number of anilines is 1. The number of nitrogens with zero attached hydrogens (tertiary/aromatic N) is 1. The van der Waals surface area contributed by atoms with E-state index in [4.69, 9.17) is 4.74 Å². The lowest BCUT2D eigenvalue weighted by Crippen LogP contribution is -2.29. The first-order chi connectivity index (χ1) is 14.0. The second-order valence-electron chi connectivity index (χ2n) is 6.50. The summed E-state index contributed by atoms with van der Waals surface area (Å²) >= 11 is 1.28. The normalized spacial score (nSPS) is 13.2. The van der Waals surface area contributed by atoms with Gasteiger partial charge in [-0.05, 0) is 49.2 Å². The molecule has 1 fully saturated rings. The summed E-state index contributed by atoms with van der Waals surface area (Å²) in [6, 6.07) is 12.1. The third-order valence-corrected chi connectivity index (χ3v) is 5.44. The highest BCUT2D eigenvalue weighted by atomic mass is 32.2. The molecule has 8 heteroatoms. The van der Waals surface area contributed by atoms with Gasteiger partial charge in [0.15, 0.2) is 6.61 Å². The molecule has 1 aliphatic rings. The van der Waals surface area contributed by atoms with Crippen LogP contribution in [0.2, 0.25) is 0 Å². The van der Waals surface area contributed by atoms with E-state index in [1.807, 2.05) is 4.90 Å². The molecule has 0 bridgehead atoms. The summed E-state index contributed by atoms with van der Waals surface area (Å²) in [5.41, 5.74) is 0.713. The van der Waals surface area contributed by atoms with Crippen molar-refractivity contribution < 1.29 is 23.5 Å². The van der Waals surface area contributed by atoms with Crippen molar-refractivity contribution in [2.24, 2.45) is 0 Å². The van der Waals surface area contributed by atoms with Gasteiger partial charge in [-0.3, -0.25) is 9.59 Å². The van der Waals surface area contributed by atoms with Gasteiger partial charge >= 0.3 is 5.97 Å². The fourth-order valence-corrected chi connectivity index (χ4v) is 3.84. The number of nitrogens with one attached hydrogen (secondary N) is 1. The number of carbonyl (C=O) groups is 3. The Morgan fingerprint density at radius 3 is 2.45 bits per heavy atom. The summed E-state index contributed by atoms with van der Waals surface area (Å²) in [6.07, 6.45) is 2.05. The van der Waals surface area contributed by atoms with Gasteiger partial charge in [0.05, 0.1) is 11.3 Å². The Bertz CT molecular complexity index is 883. The van der Waals surface area contributed by atoms with Crippen LogP contribution in [0, 0.1) is 5.82 Å². The van der Waals surface area contributed by atoms with Gasteiger partial charge < -0.3 is 15.0 Å². The molecule has 1 heterocycles. The zero-order valence-corrected chi connectivity index (χ0v) is 16.5. The van der Waals surface area contributed by atoms with Crippen LogP contribution in [0.1, 0.15) is 23.2 Å². The third kappa shape index (κ3) is 6.05. The molecule has 1 saturated heterocycles. The van der Waals surface area contributed by atoms with Gasteiger partial charge in [0.1, 0.15) is 5.82 Å². The highest BCUT2D eigenvalue weighted by Gasteiger charge is 2.20. The van der Waals surface area contributed by atoms with E-state index in [-0.39, 0.29) is 11.7 Å². The van der Waals surface area contributed by atoms with Crippen molar-refractivity contribution in [1.29, 1.82) is 0 Å². The maximum absolute atomic E-state index is 12.9. The first-order valence-electron chi connectivity index (χ1n) is 9.25. The summed E-state index contributed by atoms with van der Waals surface area (Å²) in [4.78, 5) is 39.0. The van der Waals surface area contributed by atoms with Gasteiger partial charge in [-0.15, -0.1) is 11.8 Å². The zero-order chi connectivity index (χ0) is 20.6. The Morgan fingerprint density at radius 2 is 1.72 bits per heavy atom. The van der Waals surface area contributed by atoms with Crippen molar-refractivity contribution >= 4 is 35.2 Å². The van der Waals surface area contributed by atoms with Crippen molar-refractivity contribution in [1.82, 2.24) is 4.90 Å². The van der Waals surface area contributed by atoms with Crippen LogP contribution in [0.5, 0.6) is 0 Å². The molecule has 2 amide bonds. The second-order valence-corrected chi connectivity index (χ2v) is 7.52. The maximum Gasteiger partial charge on any atom is 0.339 e. The monoisotopic (exact) mass is 416 g/mol. The molecule has 0 saturated carbocycles. The average Bonchev–Trinajstić information content (AvgIpc) is 3.27. The van der Waals surface area contributed by atoms with E-state index in [0.29, 0.717) is 16.1 Å². The highest BCUT2D eigenvalue weighted by Crippen LogP contribution is 2.24. The topological polar surface area (TPSA) is 75.7 Å². The molecular formula is C21H21FN2O4S. The number of benzene rings is 2. The maximum atomic E-state index is 12.9. The van der Waals surface area contributed by atoms with E-state index in [9.17, 15) is 18.8 Å². The molecule has 29 heavy (non-hydrogen) atoms. The molecular weight excluding hydrogens is 395 g/mol. The predicted molar refractivity (Wildman–Crippen MR) is 108 cm³/mol. The Balaban J connectivity index is 1.52. The van der Waals surface area contributed by atoms with Crippen LogP contribution in [-0.4, -0.2) is 48.1 Å². The van der Waals surface area contributed by atoms with Crippen molar-refractivity contribution in [2.75, 3.05) is 30.8 Å². The lowest BCUT2D eigenvalue weighted by atomic mass is 10.2. The summed E-state index contributed by atoms with van der Waals surface area (Å²) in [5, 5.41) is 2.52. The van der Waals surface area contributed by atoms with E-state index in [1.165, 1.54) is 36.0 Å². The molecule has 0 aromatic heterocycles. The number of thioether (sulfide) groups is 1. The molecule has 1 aliphatic heterocycles. The third-order valence-electron chi connectivity index (χ3n) is 4.38. The lowest BCUT2D eigenvalue weighted by Gasteiger charge is -2.15. The number of amides is 2. The molecule has 0 spiro atoms. The average molecular weight is 416 g/mol. The van der Waals surface area contributed by atoms with Crippen LogP contribution in [0.25, 0.3) is 0 Å². The molecule has 0 unspecified atom stereocenters. The molecule has 6 nitrogen and oxygen atoms in total. The van der Waals surface area contributed by atoms with Crippen LogP contribution < -0.4 is 5.32 Å². The standard InChI is InChI=1S/C21H21FN2O4S/c22-15-7-9-16(10-8-15)23-19(25)13-28-21(27)17-5-1-2-6-18(17)29-14-20(26)24-11-3-4-12-24/h1-2,5-10H,3-4,11-14H2,(H,23,25). The van der Waals surface area contributed by atoms with Crippen LogP contribution in [0.3, 0.4) is 0 Å². The predicted octanol–water partition coefficient (Wildman–Crippen LogP) is 3.34. The van der Waals surface area contributed by atoms with E-state index in [2.05, 4.69) is 5.32 Å². The summed E-state index contributed by atoms with van der Waals surface area (Å²) in [7, 11) is 0. The van der Waals surface area contributed by atoms with Crippen molar-refractivity contribution in [3.63, 3.8) is 0 Å². The molecule has 3 rings (SSSR count). The van der Waals surface area contributed by atoms with Gasteiger partial charge in [-0.2, -0.15) is 0 Å². The zero-order valence-electron chi connectivity index (χ0n) is 15.7. The van der Waals surface area contributed by atoms with Crippen LogP contribution in [0.4, 0.5) is 10.1 Å². The molecule has 0 atom stereocenters. The van der Waals surface area contributed by atoms with Gasteiger partial charge in [0, 0.05) is 23.7 Å². The molecule has 0 aliphatic carbocycles. The highest BCUT2D eigenvalue weighted by molar-refractivity contribution is 8.00. The molecule has 152 valence electrons. The summed E-state index contributed by atoms with van der Waals surface area (Å²) in [6.45, 7) is 1.10. The lowest BCUT2D eigenvalue weighted by molar-refractivity contribution is -0.127. The van der Waals surface area contributed by atoms with Gasteiger partial charge in [-0.1, -0.05) is 12.1 Å².